The second kappa shape index (κ2) is 46.6. The van der Waals surface area contributed by atoms with Gasteiger partial charge in [0.15, 0.2) is 6.29 Å². The van der Waals surface area contributed by atoms with Crippen molar-refractivity contribution in [3.05, 3.63) is 12.2 Å². The van der Waals surface area contributed by atoms with E-state index in [-0.39, 0.29) is 12.5 Å². The molecule has 0 bridgehead atoms. The molecular weight excluding hydrogens is 815 g/mol. The third-order valence-corrected chi connectivity index (χ3v) is 13.9. The monoisotopic (exact) mass is 924 g/mol. The average Bonchev–Trinajstić information content (AvgIpc) is 3.31. The van der Waals surface area contributed by atoms with Crippen LogP contribution < -0.4 is 5.32 Å². The first-order chi connectivity index (χ1) is 31.8. The largest absolute Gasteiger partial charge is 0.394 e. The standard InChI is InChI=1S/C56H109NO8/c1-3-5-7-9-10-11-12-13-14-15-16-17-18-19-20-21-22-23-24-25-26-27-28-29-30-31-32-33-34-35-36-37-38-39-40-42-44-46-52(60)57-49(50(59)45-43-41-8-6-4-2)48-64-56-55(63)54(62)53(61)51(47-58)65-56/h15-16,49-51,53-56,58-59,61-63H,3-14,17-48H2,1-2H3,(H,57,60)/b16-15-. The summed E-state index contributed by atoms with van der Waals surface area (Å²) < 4.78 is 11.2. The number of rotatable bonds is 49. The van der Waals surface area contributed by atoms with E-state index >= 15 is 0 Å². The lowest BCUT2D eigenvalue weighted by Crippen LogP contribution is -2.60. The Morgan fingerprint density at radius 2 is 0.862 bits per heavy atom. The molecule has 1 aliphatic heterocycles. The minimum atomic E-state index is -1.55. The second-order valence-corrected chi connectivity index (χ2v) is 20.1. The zero-order valence-corrected chi connectivity index (χ0v) is 42.8. The fraction of sp³-hybridized carbons (Fsp3) is 0.946. The smallest absolute Gasteiger partial charge is 0.220 e. The maximum absolute atomic E-state index is 12.9. The normalized spacial score (nSPS) is 19.9. The van der Waals surface area contributed by atoms with Crippen LogP contribution >= 0.6 is 0 Å². The van der Waals surface area contributed by atoms with Crippen LogP contribution in [0.3, 0.4) is 0 Å². The maximum Gasteiger partial charge on any atom is 0.220 e. The van der Waals surface area contributed by atoms with Crippen molar-refractivity contribution < 1.29 is 39.8 Å². The summed E-state index contributed by atoms with van der Waals surface area (Å²) >= 11 is 0. The van der Waals surface area contributed by atoms with Crippen molar-refractivity contribution in [2.75, 3.05) is 13.2 Å². The molecule has 9 heteroatoms. The summed E-state index contributed by atoms with van der Waals surface area (Å²) in [6.07, 6.45) is 50.5. The molecule has 0 aliphatic carbocycles. The van der Waals surface area contributed by atoms with Crippen molar-refractivity contribution in [2.45, 2.75) is 326 Å². The van der Waals surface area contributed by atoms with Crippen LogP contribution in [0.5, 0.6) is 0 Å². The van der Waals surface area contributed by atoms with Crippen LogP contribution in [0, 0.1) is 0 Å². The number of hydrogen-bond donors (Lipinski definition) is 6. The molecule has 9 nitrogen and oxygen atoms in total. The molecule has 0 aromatic rings. The first-order valence-electron chi connectivity index (χ1n) is 28.4. The predicted molar refractivity (Wildman–Crippen MR) is 272 cm³/mol. The van der Waals surface area contributed by atoms with E-state index in [4.69, 9.17) is 9.47 Å². The molecule has 0 saturated carbocycles. The third kappa shape index (κ3) is 36.6. The van der Waals surface area contributed by atoms with E-state index in [1.165, 1.54) is 205 Å². The number of aliphatic hydroxyl groups excluding tert-OH is 5. The van der Waals surface area contributed by atoms with Gasteiger partial charge in [-0.1, -0.05) is 251 Å². The van der Waals surface area contributed by atoms with Gasteiger partial charge in [-0.15, -0.1) is 0 Å². The molecule has 1 saturated heterocycles. The summed E-state index contributed by atoms with van der Waals surface area (Å²) in [6.45, 7) is 3.76. The van der Waals surface area contributed by atoms with E-state index in [2.05, 4.69) is 31.3 Å². The van der Waals surface area contributed by atoms with Gasteiger partial charge in [0.1, 0.15) is 24.4 Å². The van der Waals surface area contributed by atoms with E-state index in [0.717, 1.165) is 51.4 Å². The molecule has 0 spiro atoms. The van der Waals surface area contributed by atoms with Crippen LogP contribution in [-0.2, 0) is 14.3 Å². The molecule has 1 fully saturated rings. The Hall–Kier alpha value is -1.07. The van der Waals surface area contributed by atoms with Crippen LogP contribution in [0.15, 0.2) is 12.2 Å². The zero-order chi connectivity index (χ0) is 47.3. The van der Waals surface area contributed by atoms with E-state index in [9.17, 15) is 30.3 Å². The van der Waals surface area contributed by atoms with Gasteiger partial charge in [0.2, 0.25) is 5.91 Å². The Balaban J connectivity index is 1.93. The lowest BCUT2D eigenvalue weighted by molar-refractivity contribution is -0.302. The molecule has 1 aliphatic rings. The van der Waals surface area contributed by atoms with Crippen molar-refractivity contribution in [1.29, 1.82) is 0 Å². The minimum absolute atomic E-state index is 0.136. The number of ether oxygens (including phenoxy) is 2. The SMILES string of the molecule is CCCCCCCCCC/C=C\CCCCCCCCCCCCCCCCCCCCCCCCCCCC(=O)NC(COC1OC(CO)C(O)C(O)C1O)C(O)CCCCCCC. The quantitative estimate of drug-likeness (QED) is 0.0261. The Morgan fingerprint density at radius 3 is 1.25 bits per heavy atom. The van der Waals surface area contributed by atoms with Gasteiger partial charge in [0.05, 0.1) is 25.4 Å². The molecule has 386 valence electrons. The first kappa shape index (κ1) is 61.9. The highest BCUT2D eigenvalue weighted by Crippen LogP contribution is 2.23. The Labute approximate surface area is 401 Å². The molecule has 0 radical (unpaired) electrons. The molecule has 65 heavy (non-hydrogen) atoms. The average molecular weight is 924 g/mol. The van der Waals surface area contributed by atoms with E-state index in [1.807, 2.05) is 0 Å². The number of allylic oxidation sites excluding steroid dienone is 2. The molecule has 6 N–H and O–H groups in total. The number of carbonyl (C=O) groups excluding carboxylic acids is 1. The second-order valence-electron chi connectivity index (χ2n) is 20.1. The van der Waals surface area contributed by atoms with Gasteiger partial charge in [-0.3, -0.25) is 4.79 Å². The van der Waals surface area contributed by atoms with Gasteiger partial charge in [-0.25, -0.2) is 0 Å². The summed E-state index contributed by atoms with van der Waals surface area (Å²) in [7, 11) is 0. The molecule has 1 rings (SSSR count). The molecule has 1 amide bonds. The molecule has 7 unspecified atom stereocenters. The third-order valence-electron chi connectivity index (χ3n) is 13.9. The van der Waals surface area contributed by atoms with Crippen molar-refractivity contribution in [1.82, 2.24) is 5.32 Å². The summed E-state index contributed by atoms with van der Waals surface area (Å²) in [6, 6.07) is -0.710. The fourth-order valence-corrected chi connectivity index (χ4v) is 9.34. The van der Waals surface area contributed by atoms with Gasteiger partial charge < -0.3 is 40.3 Å². The van der Waals surface area contributed by atoms with Crippen molar-refractivity contribution in [2.24, 2.45) is 0 Å². The van der Waals surface area contributed by atoms with Crippen LogP contribution in [0.1, 0.15) is 284 Å². The van der Waals surface area contributed by atoms with Crippen molar-refractivity contribution in [3.63, 3.8) is 0 Å². The van der Waals surface area contributed by atoms with E-state index < -0.39 is 49.5 Å². The maximum atomic E-state index is 12.9. The summed E-state index contributed by atoms with van der Waals surface area (Å²) in [5, 5.41) is 54.0. The molecular formula is C56H109NO8. The number of amides is 1. The van der Waals surface area contributed by atoms with E-state index in [0.29, 0.717) is 12.8 Å². The summed E-state index contributed by atoms with van der Waals surface area (Å²) in [5.74, 6) is -0.146. The number of carbonyl (C=O) groups is 1. The Morgan fingerprint density at radius 1 is 0.508 bits per heavy atom. The number of unbranched alkanes of at least 4 members (excludes halogenated alkanes) is 37. The lowest BCUT2D eigenvalue weighted by Gasteiger charge is -2.40. The minimum Gasteiger partial charge on any atom is -0.394 e. The highest BCUT2D eigenvalue weighted by atomic mass is 16.7. The van der Waals surface area contributed by atoms with Crippen molar-refractivity contribution in [3.8, 4) is 0 Å². The number of nitrogens with one attached hydrogen (secondary N) is 1. The first-order valence-corrected chi connectivity index (χ1v) is 28.4. The predicted octanol–water partition coefficient (Wildman–Crippen LogP) is 13.6. The van der Waals surface area contributed by atoms with Crippen LogP contribution in [-0.4, -0.2) is 87.5 Å². The van der Waals surface area contributed by atoms with Gasteiger partial charge in [-0.2, -0.15) is 0 Å². The summed E-state index contributed by atoms with van der Waals surface area (Å²) in [5.41, 5.74) is 0. The van der Waals surface area contributed by atoms with Crippen LogP contribution in [0.25, 0.3) is 0 Å². The van der Waals surface area contributed by atoms with Gasteiger partial charge in [0, 0.05) is 6.42 Å². The van der Waals surface area contributed by atoms with E-state index in [1.54, 1.807) is 0 Å². The van der Waals surface area contributed by atoms with Gasteiger partial charge in [0.25, 0.3) is 0 Å². The molecule has 0 aromatic heterocycles. The molecule has 0 aromatic carbocycles. The molecule has 1 heterocycles. The fourth-order valence-electron chi connectivity index (χ4n) is 9.34. The summed E-state index contributed by atoms with van der Waals surface area (Å²) in [4.78, 5) is 12.9. The zero-order valence-electron chi connectivity index (χ0n) is 42.8. The Kier molecular flexibility index (Phi) is 44.5. The van der Waals surface area contributed by atoms with Crippen LogP contribution in [0.4, 0.5) is 0 Å². The Bertz CT molecular complexity index is 1030. The van der Waals surface area contributed by atoms with Gasteiger partial charge >= 0.3 is 0 Å². The molecule has 7 atom stereocenters. The lowest BCUT2D eigenvalue weighted by atomic mass is 9.99. The van der Waals surface area contributed by atoms with Crippen molar-refractivity contribution >= 4 is 5.91 Å². The topological polar surface area (TPSA) is 149 Å². The number of hydrogen-bond acceptors (Lipinski definition) is 8. The highest BCUT2D eigenvalue weighted by Gasteiger charge is 2.44. The van der Waals surface area contributed by atoms with Gasteiger partial charge in [-0.05, 0) is 38.5 Å². The van der Waals surface area contributed by atoms with Crippen LogP contribution in [0.2, 0.25) is 0 Å². The number of aliphatic hydroxyl groups is 5. The highest BCUT2D eigenvalue weighted by molar-refractivity contribution is 5.76.